The predicted octanol–water partition coefficient (Wildman–Crippen LogP) is 4.29. The zero-order valence-electron chi connectivity index (χ0n) is 12.5. The van der Waals surface area contributed by atoms with Crippen LogP contribution in [0.5, 0.6) is 5.75 Å². The van der Waals surface area contributed by atoms with Crippen LogP contribution in [0.3, 0.4) is 0 Å². The van der Waals surface area contributed by atoms with E-state index in [-0.39, 0.29) is 28.3 Å². The Morgan fingerprint density at radius 3 is 2.76 bits per heavy atom. The Morgan fingerprint density at radius 2 is 2.12 bits per heavy atom. The molecule has 11 heteroatoms. The van der Waals surface area contributed by atoms with E-state index in [9.17, 15) is 18.0 Å². The van der Waals surface area contributed by atoms with Gasteiger partial charge in [-0.15, -0.1) is 10.2 Å². The van der Waals surface area contributed by atoms with E-state index in [0.717, 1.165) is 0 Å². The molecule has 0 aliphatic carbocycles. The number of carboxylic acid groups (broad SMARTS) is 1. The molecule has 6 nitrogen and oxygen atoms in total. The second-order valence-electron chi connectivity index (χ2n) is 4.76. The summed E-state index contributed by atoms with van der Waals surface area (Å²) in [5, 5.41) is 16.5. The molecule has 2 aromatic rings. The molecule has 0 radical (unpaired) electrons. The third kappa shape index (κ3) is 6.46. The Labute approximate surface area is 149 Å². The van der Waals surface area contributed by atoms with E-state index in [4.69, 9.17) is 21.1 Å². The number of aromatic nitrogens is 2. The Kier molecular flexibility index (Phi) is 6.54. The molecular formula is C14H12ClF3N2O4S. The van der Waals surface area contributed by atoms with Gasteiger partial charge in [-0.3, -0.25) is 4.79 Å². The molecule has 1 aromatic carbocycles. The van der Waals surface area contributed by atoms with Gasteiger partial charge >= 0.3 is 12.1 Å². The fourth-order valence-electron chi connectivity index (χ4n) is 1.68. The van der Waals surface area contributed by atoms with Crippen LogP contribution in [-0.2, 0) is 4.79 Å². The number of carboxylic acids is 1. The Balaban J connectivity index is 1.98. The lowest BCUT2D eigenvalue weighted by Crippen LogP contribution is -2.19. The number of hydrogen-bond donors (Lipinski definition) is 1. The first-order valence-corrected chi connectivity index (χ1v) is 8.28. The molecule has 1 aromatic heterocycles. The summed E-state index contributed by atoms with van der Waals surface area (Å²) in [6.07, 6.45) is -3.95. The van der Waals surface area contributed by atoms with Gasteiger partial charge in [0.2, 0.25) is 5.89 Å². The van der Waals surface area contributed by atoms with Crippen molar-refractivity contribution >= 4 is 29.3 Å². The minimum absolute atomic E-state index is 0.0335. The number of benzene rings is 1. The summed E-state index contributed by atoms with van der Waals surface area (Å²) in [6.45, 7) is -1.42. The number of hydrogen-bond acceptors (Lipinski definition) is 6. The number of aliphatic carboxylic acids is 1. The molecule has 0 amide bonds. The standard InChI is InChI=1S/C14H12ClF3N2O4S/c15-10-6-8(23-7-14(16,17)18)3-4-9(10)12-19-20-13(24-12)25-5-1-2-11(21)22/h3-4,6H,1-2,5,7H2,(H,21,22). The maximum Gasteiger partial charge on any atom is 0.422 e. The van der Waals surface area contributed by atoms with Gasteiger partial charge in [-0.2, -0.15) is 13.2 Å². The molecule has 2 rings (SSSR count). The number of carbonyl (C=O) groups is 1. The highest BCUT2D eigenvalue weighted by Gasteiger charge is 2.28. The number of alkyl halides is 3. The van der Waals surface area contributed by atoms with E-state index in [2.05, 4.69) is 14.9 Å². The van der Waals surface area contributed by atoms with Crippen LogP contribution in [0.2, 0.25) is 5.02 Å². The van der Waals surface area contributed by atoms with Crippen LogP contribution in [0.15, 0.2) is 27.8 Å². The van der Waals surface area contributed by atoms with Crippen LogP contribution in [0.25, 0.3) is 11.5 Å². The molecule has 0 saturated heterocycles. The molecule has 0 aliphatic rings. The summed E-state index contributed by atoms with van der Waals surface area (Å²) in [4.78, 5) is 10.4. The summed E-state index contributed by atoms with van der Waals surface area (Å²) in [6, 6.07) is 3.96. The highest BCUT2D eigenvalue weighted by molar-refractivity contribution is 7.99. The van der Waals surface area contributed by atoms with Gasteiger partial charge in [0.15, 0.2) is 6.61 Å². The van der Waals surface area contributed by atoms with Crippen molar-refractivity contribution in [2.24, 2.45) is 0 Å². The Bertz CT molecular complexity index is 739. The third-order valence-electron chi connectivity index (χ3n) is 2.74. The smallest absolute Gasteiger partial charge is 0.422 e. The average molecular weight is 397 g/mol. The van der Waals surface area contributed by atoms with Crippen LogP contribution < -0.4 is 4.74 Å². The summed E-state index contributed by atoms with van der Waals surface area (Å²) < 4.78 is 46.4. The quantitative estimate of drug-likeness (QED) is 0.526. The van der Waals surface area contributed by atoms with Crippen molar-refractivity contribution in [3.63, 3.8) is 0 Å². The van der Waals surface area contributed by atoms with Crippen molar-refractivity contribution in [1.82, 2.24) is 10.2 Å². The van der Waals surface area contributed by atoms with Crippen molar-refractivity contribution in [2.75, 3.05) is 12.4 Å². The SMILES string of the molecule is O=C(O)CCCSc1nnc(-c2ccc(OCC(F)(F)F)cc2Cl)o1. The van der Waals surface area contributed by atoms with Crippen LogP contribution >= 0.6 is 23.4 Å². The van der Waals surface area contributed by atoms with Crippen molar-refractivity contribution < 1.29 is 32.2 Å². The van der Waals surface area contributed by atoms with Gasteiger partial charge in [0.1, 0.15) is 5.75 Å². The topological polar surface area (TPSA) is 85.5 Å². The first-order chi connectivity index (χ1) is 11.7. The molecular weight excluding hydrogens is 385 g/mol. The minimum Gasteiger partial charge on any atom is -0.484 e. The Hall–Kier alpha value is -1.94. The molecule has 0 spiro atoms. The van der Waals surface area contributed by atoms with Crippen molar-refractivity contribution in [1.29, 1.82) is 0 Å². The second kappa shape index (κ2) is 8.43. The first kappa shape index (κ1) is 19.4. The predicted molar refractivity (Wildman–Crippen MR) is 83.9 cm³/mol. The van der Waals surface area contributed by atoms with Crippen LogP contribution in [-0.4, -0.2) is 39.8 Å². The minimum atomic E-state index is -4.44. The number of halogens is 4. The van der Waals surface area contributed by atoms with Gasteiger partial charge in [-0.05, 0) is 24.6 Å². The molecule has 0 aliphatic heterocycles. The lowest BCUT2D eigenvalue weighted by Gasteiger charge is -2.09. The van der Waals surface area contributed by atoms with E-state index >= 15 is 0 Å². The van der Waals surface area contributed by atoms with E-state index in [0.29, 0.717) is 17.7 Å². The fourth-order valence-corrected chi connectivity index (χ4v) is 2.64. The van der Waals surface area contributed by atoms with Crippen LogP contribution in [0, 0.1) is 0 Å². The average Bonchev–Trinajstić information content (AvgIpc) is 2.97. The number of ether oxygens (including phenoxy) is 1. The maximum atomic E-state index is 12.1. The van der Waals surface area contributed by atoms with E-state index in [1.807, 2.05) is 0 Å². The van der Waals surface area contributed by atoms with Gasteiger partial charge in [0.25, 0.3) is 5.22 Å². The van der Waals surface area contributed by atoms with Gasteiger partial charge in [-0.1, -0.05) is 23.4 Å². The largest absolute Gasteiger partial charge is 0.484 e. The molecule has 1 heterocycles. The van der Waals surface area contributed by atoms with E-state index in [1.54, 1.807) is 0 Å². The first-order valence-electron chi connectivity index (χ1n) is 6.92. The van der Waals surface area contributed by atoms with Gasteiger partial charge in [-0.25, -0.2) is 0 Å². The molecule has 1 N–H and O–H groups in total. The van der Waals surface area contributed by atoms with Gasteiger partial charge in [0, 0.05) is 12.2 Å². The molecule has 25 heavy (non-hydrogen) atoms. The molecule has 136 valence electrons. The second-order valence-corrected chi connectivity index (χ2v) is 6.22. The molecule has 0 fully saturated rings. The van der Waals surface area contributed by atoms with Gasteiger partial charge < -0.3 is 14.3 Å². The summed E-state index contributed by atoms with van der Waals surface area (Å²) in [5.41, 5.74) is 0.353. The molecule has 0 bridgehead atoms. The fraction of sp³-hybridized carbons (Fsp3) is 0.357. The summed E-state index contributed by atoms with van der Waals surface area (Å²) in [7, 11) is 0. The number of rotatable bonds is 8. The van der Waals surface area contributed by atoms with Crippen molar-refractivity contribution in [3.8, 4) is 17.2 Å². The van der Waals surface area contributed by atoms with Crippen LogP contribution in [0.4, 0.5) is 13.2 Å². The van der Waals surface area contributed by atoms with E-state index < -0.39 is 18.8 Å². The Morgan fingerprint density at radius 1 is 1.36 bits per heavy atom. The van der Waals surface area contributed by atoms with E-state index in [1.165, 1.54) is 30.0 Å². The zero-order valence-corrected chi connectivity index (χ0v) is 14.1. The third-order valence-corrected chi connectivity index (χ3v) is 3.96. The van der Waals surface area contributed by atoms with Gasteiger partial charge in [0.05, 0.1) is 10.6 Å². The highest BCUT2D eigenvalue weighted by Crippen LogP contribution is 2.32. The number of nitrogens with zero attached hydrogens (tertiary/aromatic N) is 2. The monoisotopic (exact) mass is 396 g/mol. The molecule has 0 saturated carbocycles. The molecule has 0 unspecified atom stereocenters. The van der Waals surface area contributed by atoms with Crippen LogP contribution in [0.1, 0.15) is 12.8 Å². The van der Waals surface area contributed by atoms with Crippen molar-refractivity contribution in [3.05, 3.63) is 23.2 Å². The summed E-state index contributed by atoms with van der Waals surface area (Å²) in [5.74, 6) is -0.320. The lowest BCUT2D eigenvalue weighted by atomic mass is 10.2. The normalized spacial score (nSPS) is 11.5. The zero-order chi connectivity index (χ0) is 18.4. The number of thioether (sulfide) groups is 1. The molecule has 0 atom stereocenters. The summed E-state index contributed by atoms with van der Waals surface area (Å²) >= 11 is 7.23. The maximum absolute atomic E-state index is 12.1. The van der Waals surface area contributed by atoms with Crippen molar-refractivity contribution in [2.45, 2.75) is 24.2 Å². The lowest BCUT2D eigenvalue weighted by molar-refractivity contribution is -0.153. The highest BCUT2D eigenvalue weighted by atomic mass is 35.5.